The maximum Gasteiger partial charge on any atom is 0.0862 e. The molecule has 17 heavy (non-hydrogen) atoms. The van der Waals surface area contributed by atoms with Gasteiger partial charge in [-0.3, -0.25) is 9.58 Å². The zero-order valence-corrected chi connectivity index (χ0v) is 10.4. The quantitative estimate of drug-likeness (QED) is 0.689. The van der Waals surface area contributed by atoms with Crippen LogP contribution in [0.3, 0.4) is 0 Å². The number of aryl methyl sites for hydroxylation is 1. The molecule has 0 aromatic carbocycles. The largest absolute Gasteiger partial charge is 0.390 e. The molecule has 0 spiro atoms. The normalized spacial score (nSPS) is 12.6. The van der Waals surface area contributed by atoms with Crippen LogP contribution in [0.15, 0.2) is 37.6 Å². The molecule has 0 aliphatic carbocycles. The third-order valence-electron chi connectivity index (χ3n) is 2.42. The summed E-state index contributed by atoms with van der Waals surface area (Å²) in [7, 11) is 0. The minimum Gasteiger partial charge on any atom is -0.390 e. The first-order chi connectivity index (χ1) is 8.15. The Morgan fingerprint density at radius 1 is 1.47 bits per heavy atom. The highest BCUT2D eigenvalue weighted by Crippen LogP contribution is 1.99. The summed E-state index contributed by atoms with van der Waals surface area (Å²) in [6, 6.07) is 1.93. The van der Waals surface area contributed by atoms with Gasteiger partial charge in [0.2, 0.25) is 0 Å². The highest BCUT2D eigenvalue weighted by molar-refractivity contribution is 4.95. The summed E-state index contributed by atoms with van der Waals surface area (Å²) in [6.45, 7) is 11.9. The molecule has 1 atom stereocenters. The van der Waals surface area contributed by atoms with Crippen LogP contribution in [0.2, 0.25) is 0 Å². The number of hydrogen-bond acceptors (Lipinski definition) is 3. The van der Waals surface area contributed by atoms with Gasteiger partial charge in [0.1, 0.15) is 0 Å². The van der Waals surface area contributed by atoms with Gasteiger partial charge in [-0.25, -0.2) is 0 Å². The van der Waals surface area contributed by atoms with Crippen LogP contribution < -0.4 is 0 Å². The highest BCUT2D eigenvalue weighted by atomic mass is 16.3. The van der Waals surface area contributed by atoms with Gasteiger partial charge < -0.3 is 5.11 Å². The Kier molecular flexibility index (Phi) is 5.66. The van der Waals surface area contributed by atoms with Crippen LogP contribution in [0.5, 0.6) is 0 Å². The summed E-state index contributed by atoms with van der Waals surface area (Å²) in [4.78, 5) is 2.08. The average Bonchev–Trinajstić information content (AvgIpc) is 2.64. The van der Waals surface area contributed by atoms with Crippen molar-refractivity contribution >= 4 is 0 Å². The fourth-order valence-electron chi connectivity index (χ4n) is 1.73. The maximum atomic E-state index is 9.96. The zero-order chi connectivity index (χ0) is 12.7. The van der Waals surface area contributed by atoms with Gasteiger partial charge in [-0.1, -0.05) is 12.2 Å². The first-order valence-electron chi connectivity index (χ1n) is 5.78. The van der Waals surface area contributed by atoms with E-state index in [9.17, 15) is 5.11 Å². The summed E-state index contributed by atoms with van der Waals surface area (Å²) in [5.74, 6) is 0. The molecule has 0 unspecified atom stereocenters. The summed E-state index contributed by atoms with van der Waals surface area (Å²) < 4.78 is 1.76. The number of hydrogen-bond donors (Lipinski definition) is 1. The van der Waals surface area contributed by atoms with Crippen LogP contribution in [0, 0.1) is 6.92 Å². The molecule has 0 saturated carbocycles. The Balaban J connectivity index is 2.43. The van der Waals surface area contributed by atoms with Crippen molar-refractivity contribution in [2.75, 3.05) is 19.6 Å². The van der Waals surface area contributed by atoms with Gasteiger partial charge >= 0.3 is 0 Å². The van der Waals surface area contributed by atoms with Gasteiger partial charge in [-0.15, -0.1) is 13.2 Å². The van der Waals surface area contributed by atoms with E-state index < -0.39 is 6.10 Å². The minimum absolute atomic E-state index is 0.436. The SMILES string of the molecule is C=CCN(CC=C)C[C@@H](O)Cn1ccc(C)n1. The van der Waals surface area contributed by atoms with E-state index in [4.69, 9.17) is 0 Å². The van der Waals surface area contributed by atoms with Crippen LogP contribution in [0.4, 0.5) is 0 Å². The summed E-state index contributed by atoms with van der Waals surface area (Å²) in [5.41, 5.74) is 0.964. The summed E-state index contributed by atoms with van der Waals surface area (Å²) >= 11 is 0. The van der Waals surface area contributed by atoms with E-state index in [-0.39, 0.29) is 0 Å². The lowest BCUT2D eigenvalue weighted by molar-refractivity contribution is 0.105. The van der Waals surface area contributed by atoms with Crippen LogP contribution in [-0.4, -0.2) is 45.5 Å². The third-order valence-corrected chi connectivity index (χ3v) is 2.42. The predicted molar refractivity (Wildman–Crippen MR) is 69.8 cm³/mol. The zero-order valence-electron chi connectivity index (χ0n) is 10.4. The van der Waals surface area contributed by atoms with Gasteiger partial charge in [0.25, 0.3) is 0 Å². The van der Waals surface area contributed by atoms with Crippen LogP contribution >= 0.6 is 0 Å². The fourth-order valence-corrected chi connectivity index (χ4v) is 1.73. The molecular formula is C13H21N3O. The predicted octanol–water partition coefficient (Wildman–Crippen LogP) is 1.23. The second kappa shape index (κ2) is 7.04. The first-order valence-corrected chi connectivity index (χ1v) is 5.78. The smallest absolute Gasteiger partial charge is 0.0862 e. The Labute approximate surface area is 103 Å². The van der Waals surface area contributed by atoms with Crippen LogP contribution in [0.25, 0.3) is 0 Å². The fraction of sp³-hybridized carbons (Fsp3) is 0.462. The molecule has 0 saturated heterocycles. The van der Waals surface area contributed by atoms with Crippen molar-refractivity contribution in [3.05, 3.63) is 43.3 Å². The Morgan fingerprint density at radius 3 is 2.59 bits per heavy atom. The minimum atomic E-state index is -0.436. The second-order valence-corrected chi connectivity index (χ2v) is 4.13. The molecule has 4 heteroatoms. The van der Waals surface area contributed by atoms with Crippen molar-refractivity contribution in [1.82, 2.24) is 14.7 Å². The van der Waals surface area contributed by atoms with E-state index in [0.717, 1.165) is 18.8 Å². The number of aliphatic hydroxyl groups is 1. The molecular weight excluding hydrogens is 214 g/mol. The second-order valence-electron chi connectivity index (χ2n) is 4.13. The number of aliphatic hydroxyl groups excluding tert-OH is 1. The highest BCUT2D eigenvalue weighted by Gasteiger charge is 2.10. The van der Waals surface area contributed by atoms with E-state index >= 15 is 0 Å². The van der Waals surface area contributed by atoms with Crippen molar-refractivity contribution < 1.29 is 5.11 Å². The van der Waals surface area contributed by atoms with Crippen molar-refractivity contribution in [1.29, 1.82) is 0 Å². The molecule has 0 aliphatic heterocycles. The molecule has 0 radical (unpaired) electrons. The topological polar surface area (TPSA) is 41.3 Å². The van der Waals surface area contributed by atoms with E-state index in [0.29, 0.717) is 13.1 Å². The van der Waals surface area contributed by atoms with Crippen molar-refractivity contribution in [2.45, 2.75) is 19.6 Å². The van der Waals surface area contributed by atoms with E-state index in [2.05, 4.69) is 23.2 Å². The van der Waals surface area contributed by atoms with Gasteiger partial charge in [0, 0.05) is 25.8 Å². The number of nitrogens with zero attached hydrogens (tertiary/aromatic N) is 3. The summed E-state index contributed by atoms with van der Waals surface area (Å²) in [5, 5.41) is 14.2. The lowest BCUT2D eigenvalue weighted by Crippen LogP contribution is -2.35. The molecule has 0 fully saturated rings. The first kappa shape index (κ1) is 13.7. The van der Waals surface area contributed by atoms with Crippen molar-refractivity contribution in [2.24, 2.45) is 0 Å². The van der Waals surface area contributed by atoms with Crippen molar-refractivity contribution in [3.63, 3.8) is 0 Å². The number of rotatable bonds is 8. The molecule has 0 amide bonds. The van der Waals surface area contributed by atoms with E-state index in [1.807, 2.05) is 31.3 Å². The Hall–Kier alpha value is -1.39. The molecule has 0 aliphatic rings. The van der Waals surface area contributed by atoms with E-state index in [1.165, 1.54) is 0 Å². The van der Waals surface area contributed by atoms with Gasteiger partial charge in [-0.05, 0) is 13.0 Å². The molecule has 1 aromatic rings. The van der Waals surface area contributed by atoms with Crippen LogP contribution in [-0.2, 0) is 6.54 Å². The molecule has 1 rings (SSSR count). The molecule has 0 bridgehead atoms. The third kappa shape index (κ3) is 4.97. The molecule has 1 aromatic heterocycles. The molecule has 94 valence electrons. The van der Waals surface area contributed by atoms with Crippen molar-refractivity contribution in [3.8, 4) is 0 Å². The monoisotopic (exact) mass is 235 g/mol. The van der Waals surface area contributed by atoms with Gasteiger partial charge in [0.05, 0.1) is 18.3 Å². The molecule has 4 nitrogen and oxygen atoms in total. The Bertz CT molecular complexity index is 349. The van der Waals surface area contributed by atoms with Gasteiger partial charge in [-0.2, -0.15) is 5.10 Å². The van der Waals surface area contributed by atoms with Crippen LogP contribution in [0.1, 0.15) is 5.69 Å². The summed E-state index contributed by atoms with van der Waals surface area (Å²) in [6.07, 6.45) is 5.10. The standard InChI is InChI=1S/C13H21N3O/c1-4-7-15(8-5-2)10-13(17)11-16-9-6-12(3)14-16/h4-6,9,13,17H,1-2,7-8,10-11H2,3H3/t13-/m1/s1. The lowest BCUT2D eigenvalue weighted by atomic mass is 10.3. The molecule has 1 N–H and O–H groups in total. The average molecular weight is 235 g/mol. The van der Waals surface area contributed by atoms with E-state index in [1.54, 1.807) is 4.68 Å². The number of aromatic nitrogens is 2. The Morgan fingerprint density at radius 2 is 2.12 bits per heavy atom. The molecule has 1 heterocycles. The van der Waals surface area contributed by atoms with Gasteiger partial charge in [0.15, 0.2) is 0 Å². The maximum absolute atomic E-state index is 9.96. The lowest BCUT2D eigenvalue weighted by Gasteiger charge is -2.22.